The van der Waals surface area contributed by atoms with Crippen molar-refractivity contribution in [3.63, 3.8) is 0 Å². The molecular weight excluding hydrogens is 234 g/mol. The molecule has 4 fully saturated rings. The lowest BCUT2D eigenvalue weighted by Gasteiger charge is -2.54. The summed E-state index contributed by atoms with van der Waals surface area (Å²) in [6.45, 7) is 0. The van der Waals surface area contributed by atoms with E-state index in [1.54, 1.807) is 12.4 Å². The van der Waals surface area contributed by atoms with Gasteiger partial charge in [0.1, 0.15) is 0 Å². The van der Waals surface area contributed by atoms with Gasteiger partial charge in [-0.2, -0.15) is 0 Å². The second kappa shape index (κ2) is 4.43. The summed E-state index contributed by atoms with van der Waals surface area (Å²) in [6, 6.07) is 3.72. The van der Waals surface area contributed by atoms with Crippen LogP contribution >= 0.6 is 0 Å². The Morgan fingerprint density at radius 1 is 1.00 bits per heavy atom. The van der Waals surface area contributed by atoms with E-state index in [9.17, 15) is 4.79 Å². The third-order valence-electron chi connectivity index (χ3n) is 5.85. The molecule has 0 N–H and O–H groups in total. The Kier molecular flexibility index (Phi) is 2.71. The van der Waals surface area contributed by atoms with Gasteiger partial charge in [0.25, 0.3) is 0 Å². The predicted octanol–water partition coefficient (Wildman–Crippen LogP) is 3.73. The summed E-state index contributed by atoms with van der Waals surface area (Å²) >= 11 is 0. The van der Waals surface area contributed by atoms with Crippen molar-refractivity contribution in [3.8, 4) is 0 Å². The number of pyridine rings is 1. The summed E-state index contributed by atoms with van der Waals surface area (Å²) in [5, 5.41) is 0. The molecular formula is C17H21NO. The van der Waals surface area contributed by atoms with Crippen molar-refractivity contribution in [2.45, 2.75) is 38.5 Å². The molecule has 1 aromatic rings. The fourth-order valence-corrected chi connectivity index (χ4v) is 5.24. The third-order valence-corrected chi connectivity index (χ3v) is 5.85. The molecule has 4 aliphatic carbocycles. The van der Waals surface area contributed by atoms with Gasteiger partial charge in [0.05, 0.1) is 0 Å². The molecule has 0 amide bonds. The molecule has 0 aromatic carbocycles. The van der Waals surface area contributed by atoms with Crippen molar-refractivity contribution in [3.05, 3.63) is 30.1 Å². The predicted molar refractivity (Wildman–Crippen MR) is 73.7 cm³/mol. The molecule has 5 rings (SSSR count). The number of Topliss-reactive ketones (excluding diaryl/α,β-unsaturated/α-hetero) is 1. The highest BCUT2D eigenvalue weighted by molar-refractivity contribution is 5.96. The number of rotatable bonds is 3. The summed E-state index contributed by atoms with van der Waals surface area (Å²) in [4.78, 5) is 16.4. The fourth-order valence-electron chi connectivity index (χ4n) is 5.24. The van der Waals surface area contributed by atoms with Gasteiger partial charge in [-0.3, -0.25) is 9.78 Å². The first-order valence-electron chi connectivity index (χ1n) is 7.73. The van der Waals surface area contributed by atoms with Crippen LogP contribution in [0.15, 0.2) is 24.5 Å². The summed E-state index contributed by atoms with van der Waals surface area (Å²) in [5.41, 5.74) is 0.851. The highest BCUT2D eigenvalue weighted by Crippen LogP contribution is 2.57. The van der Waals surface area contributed by atoms with E-state index in [2.05, 4.69) is 4.98 Å². The second-order valence-electron chi connectivity index (χ2n) is 6.96. The Balaban J connectivity index is 1.50. The average Bonchev–Trinajstić information content (AvgIpc) is 2.43. The SMILES string of the molecule is O=C(CC1C2CC3CC(C2)CC1C3)c1ccncc1. The first-order valence-corrected chi connectivity index (χ1v) is 7.73. The number of aromatic nitrogens is 1. The van der Waals surface area contributed by atoms with Crippen molar-refractivity contribution in [1.29, 1.82) is 0 Å². The van der Waals surface area contributed by atoms with E-state index in [1.807, 2.05) is 12.1 Å². The number of hydrogen-bond donors (Lipinski definition) is 0. The minimum atomic E-state index is 0.333. The normalized spacial score (nSPS) is 39.5. The Hall–Kier alpha value is -1.18. The first kappa shape index (κ1) is 11.6. The van der Waals surface area contributed by atoms with E-state index in [0.717, 1.165) is 35.7 Å². The molecule has 0 unspecified atom stereocenters. The van der Waals surface area contributed by atoms with Gasteiger partial charge in [0.2, 0.25) is 0 Å². The molecule has 0 atom stereocenters. The van der Waals surface area contributed by atoms with Crippen LogP contribution in [0.5, 0.6) is 0 Å². The van der Waals surface area contributed by atoms with Crippen molar-refractivity contribution in [2.75, 3.05) is 0 Å². The zero-order valence-electron chi connectivity index (χ0n) is 11.3. The van der Waals surface area contributed by atoms with Gasteiger partial charge in [-0.05, 0) is 73.8 Å². The monoisotopic (exact) mass is 255 g/mol. The standard InChI is InChI=1S/C17H21NO/c19-17(13-1-3-18-4-2-13)10-16-14-6-11-5-12(8-14)9-15(16)7-11/h1-4,11-12,14-16H,5-10H2. The lowest BCUT2D eigenvalue weighted by molar-refractivity contribution is -0.0366. The van der Waals surface area contributed by atoms with E-state index in [1.165, 1.54) is 32.1 Å². The molecule has 2 heteroatoms. The number of ketones is 1. The number of hydrogen-bond acceptors (Lipinski definition) is 2. The fraction of sp³-hybridized carbons (Fsp3) is 0.647. The van der Waals surface area contributed by atoms with Crippen LogP contribution in [0.1, 0.15) is 48.9 Å². The minimum absolute atomic E-state index is 0.333. The van der Waals surface area contributed by atoms with E-state index in [-0.39, 0.29) is 0 Å². The smallest absolute Gasteiger partial charge is 0.163 e. The van der Waals surface area contributed by atoms with Crippen LogP contribution in [-0.4, -0.2) is 10.8 Å². The van der Waals surface area contributed by atoms with Gasteiger partial charge in [-0.1, -0.05) is 0 Å². The Bertz CT molecular complexity index is 453. The molecule has 19 heavy (non-hydrogen) atoms. The van der Waals surface area contributed by atoms with Crippen LogP contribution in [0, 0.1) is 29.6 Å². The minimum Gasteiger partial charge on any atom is -0.294 e. The van der Waals surface area contributed by atoms with Crippen molar-refractivity contribution < 1.29 is 4.79 Å². The molecule has 0 spiro atoms. The molecule has 100 valence electrons. The van der Waals surface area contributed by atoms with Gasteiger partial charge < -0.3 is 0 Å². The van der Waals surface area contributed by atoms with Crippen molar-refractivity contribution in [2.24, 2.45) is 29.6 Å². The molecule has 4 saturated carbocycles. The maximum absolute atomic E-state index is 12.4. The van der Waals surface area contributed by atoms with Gasteiger partial charge in [-0.25, -0.2) is 0 Å². The largest absolute Gasteiger partial charge is 0.294 e. The molecule has 4 bridgehead atoms. The highest BCUT2D eigenvalue weighted by Gasteiger charge is 2.48. The third kappa shape index (κ3) is 2.01. The van der Waals surface area contributed by atoms with Gasteiger partial charge in [0.15, 0.2) is 5.78 Å². The summed E-state index contributed by atoms with van der Waals surface area (Å²) in [5.74, 6) is 4.70. The highest BCUT2D eigenvalue weighted by atomic mass is 16.1. The zero-order valence-corrected chi connectivity index (χ0v) is 11.3. The van der Waals surface area contributed by atoms with E-state index in [4.69, 9.17) is 0 Å². The van der Waals surface area contributed by atoms with Crippen LogP contribution in [0.3, 0.4) is 0 Å². The average molecular weight is 255 g/mol. The lowest BCUT2D eigenvalue weighted by Crippen LogP contribution is -2.45. The molecule has 4 aliphatic rings. The van der Waals surface area contributed by atoms with E-state index < -0.39 is 0 Å². The van der Waals surface area contributed by atoms with E-state index in [0.29, 0.717) is 11.7 Å². The number of carbonyl (C=O) groups excluding carboxylic acids is 1. The maximum Gasteiger partial charge on any atom is 0.163 e. The Morgan fingerprint density at radius 2 is 1.58 bits per heavy atom. The van der Waals surface area contributed by atoms with Crippen molar-refractivity contribution in [1.82, 2.24) is 4.98 Å². The summed E-state index contributed by atoms with van der Waals surface area (Å²) < 4.78 is 0. The van der Waals surface area contributed by atoms with Crippen LogP contribution in [0.4, 0.5) is 0 Å². The zero-order chi connectivity index (χ0) is 12.8. The molecule has 0 saturated heterocycles. The number of nitrogens with zero attached hydrogens (tertiary/aromatic N) is 1. The Labute approximate surface area is 114 Å². The summed E-state index contributed by atoms with van der Waals surface area (Å²) in [6.07, 6.45) is 11.3. The van der Waals surface area contributed by atoms with E-state index >= 15 is 0 Å². The van der Waals surface area contributed by atoms with Gasteiger partial charge in [-0.15, -0.1) is 0 Å². The molecule has 1 aromatic heterocycles. The molecule has 2 nitrogen and oxygen atoms in total. The molecule has 0 aliphatic heterocycles. The molecule has 1 heterocycles. The topological polar surface area (TPSA) is 30.0 Å². The maximum atomic E-state index is 12.4. The first-order chi connectivity index (χ1) is 9.29. The van der Waals surface area contributed by atoms with Crippen molar-refractivity contribution >= 4 is 5.78 Å². The van der Waals surface area contributed by atoms with Crippen LogP contribution < -0.4 is 0 Å². The summed E-state index contributed by atoms with van der Waals surface area (Å²) in [7, 11) is 0. The molecule has 0 radical (unpaired) electrons. The second-order valence-corrected chi connectivity index (χ2v) is 6.96. The van der Waals surface area contributed by atoms with Crippen LogP contribution in [0.25, 0.3) is 0 Å². The number of carbonyl (C=O) groups is 1. The van der Waals surface area contributed by atoms with Crippen LogP contribution in [-0.2, 0) is 0 Å². The Morgan fingerprint density at radius 3 is 2.16 bits per heavy atom. The van der Waals surface area contributed by atoms with Gasteiger partial charge in [0, 0.05) is 24.4 Å². The van der Waals surface area contributed by atoms with Gasteiger partial charge >= 0.3 is 0 Å². The van der Waals surface area contributed by atoms with Crippen LogP contribution in [0.2, 0.25) is 0 Å². The quantitative estimate of drug-likeness (QED) is 0.770. The lowest BCUT2D eigenvalue weighted by atomic mass is 9.51.